The van der Waals surface area contributed by atoms with E-state index in [0.29, 0.717) is 43.4 Å². The standard InChI is InChI=1S/C23H24ClFN4O2/c1-26-11-16(12-27-15-30)13-28-6-7-31-23-18(14-28)9-20(10-21(23)24)29-5-4-17-8-19(25)2-3-22(17)29/h2-3,8-12,15H,4-7,13-14H2,1H3,(H,27,30)/b16-12+,26-11-. The van der Waals surface area contributed by atoms with Crippen molar-refractivity contribution in [2.75, 3.05) is 38.2 Å². The highest BCUT2D eigenvalue weighted by Gasteiger charge is 2.25. The number of hydrogen-bond acceptors (Lipinski definition) is 5. The summed E-state index contributed by atoms with van der Waals surface area (Å²) >= 11 is 6.61. The predicted molar refractivity (Wildman–Crippen MR) is 121 cm³/mol. The summed E-state index contributed by atoms with van der Waals surface area (Å²) in [6, 6.07) is 8.92. The summed E-state index contributed by atoms with van der Waals surface area (Å²) in [6.45, 7) is 3.24. The van der Waals surface area contributed by atoms with E-state index in [1.807, 2.05) is 12.1 Å². The van der Waals surface area contributed by atoms with E-state index in [1.54, 1.807) is 25.5 Å². The van der Waals surface area contributed by atoms with Crippen molar-refractivity contribution < 1.29 is 13.9 Å². The molecule has 0 atom stereocenters. The number of benzene rings is 2. The van der Waals surface area contributed by atoms with Crippen LogP contribution in [-0.2, 0) is 17.8 Å². The quantitative estimate of drug-likeness (QED) is 0.547. The van der Waals surface area contributed by atoms with Gasteiger partial charge in [-0.1, -0.05) is 11.6 Å². The zero-order chi connectivity index (χ0) is 21.8. The van der Waals surface area contributed by atoms with Crippen LogP contribution in [0.25, 0.3) is 0 Å². The molecule has 2 aliphatic rings. The minimum Gasteiger partial charge on any atom is -0.490 e. The zero-order valence-electron chi connectivity index (χ0n) is 17.3. The van der Waals surface area contributed by atoms with E-state index in [4.69, 9.17) is 16.3 Å². The molecule has 1 amide bonds. The molecule has 0 radical (unpaired) electrons. The van der Waals surface area contributed by atoms with Crippen LogP contribution in [0, 0.1) is 5.82 Å². The Morgan fingerprint density at radius 3 is 2.97 bits per heavy atom. The third kappa shape index (κ3) is 4.73. The van der Waals surface area contributed by atoms with Crippen LogP contribution in [-0.4, -0.2) is 50.8 Å². The molecule has 0 spiro atoms. The Bertz CT molecular complexity index is 1040. The third-order valence-corrected chi connectivity index (χ3v) is 5.72. The number of carbonyl (C=O) groups is 1. The van der Waals surface area contributed by atoms with E-state index in [0.717, 1.165) is 41.0 Å². The highest BCUT2D eigenvalue weighted by Crippen LogP contribution is 2.41. The van der Waals surface area contributed by atoms with Crippen LogP contribution in [0.15, 0.2) is 47.1 Å². The first-order valence-corrected chi connectivity index (χ1v) is 10.5. The highest BCUT2D eigenvalue weighted by atomic mass is 35.5. The van der Waals surface area contributed by atoms with E-state index >= 15 is 0 Å². The van der Waals surface area contributed by atoms with E-state index in [1.165, 1.54) is 6.07 Å². The summed E-state index contributed by atoms with van der Waals surface area (Å²) < 4.78 is 19.6. The predicted octanol–water partition coefficient (Wildman–Crippen LogP) is 3.70. The summed E-state index contributed by atoms with van der Waals surface area (Å²) in [5.74, 6) is 0.486. The lowest BCUT2D eigenvalue weighted by atomic mass is 10.1. The number of aliphatic imine (C=N–C) groups is 1. The Morgan fingerprint density at radius 2 is 2.16 bits per heavy atom. The van der Waals surface area contributed by atoms with Crippen LogP contribution in [0.3, 0.4) is 0 Å². The summed E-state index contributed by atoms with van der Waals surface area (Å²) in [6.07, 6.45) is 4.80. The van der Waals surface area contributed by atoms with E-state index in [-0.39, 0.29) is 5.82 Å². The average molecular weight is 443 g/mol. The fraction of sp³-hybridized carbons (Fsp3) is 0.304. The number of amides is 1. The second-order valence-electron chi connectivity index (χ2n) is 7.54. The van der Waals surface area contributed by atoms with Gasteiger partial charge in [-0.3, -0.25) is 14.7 Å². The average Bonchev–Trinajstić information content (AvgIpc) is 3.05. The van der Waals surface area contributed by atoms with Crippen molar-refractivity contribution in [3.8, 4) is 5.75 Å². The maximum atomic E-state index is 13.6. The van der Waals surface area contributed by atoms with Gasteiger partial charge in [-0.2, -0.15) is 0 Å². The normalized spacial score (nSPS) is 16.6. The molecule has 2 aromatic rings. The topological polar surface area (TPSA) is 57.2 Å². The number of ether oxygens (including phenoxy) is 1. The molecular weight excluding hydrogens is 419 g/mol. The number of nitrogens with one attached hydrogen (secondary N) is 1. The van der Waals surface area contributed by atoms with Gasteiger partial charge in [0.25, 0.3) is 0 Å². The van der Waals surface area contributed by atoms with Crippen LogP contribution in [0.2, 0.25) is 5.02 Å². The van der Waals surface area contributed by atoms with Crippen LogP contribution < -0.4 is 15.0 Å². The van der Waals surface area contributed by atoms with Crippen molar-refractivity contribution in [1.82, 2.24) is 10.2 Å². The maximum absolute atomic E-state index is 13.6. The molecule has 2 heterocycles. The summed E-state index contributed by atoms with van der Waals surface area (Å²) in [5.41, 5.74) is 4.85. The number of carbonyl (C=O) groups excluding carboxylic acids is 1. The number of hydrogen-bond donors (Lipinski definition) is 1. The molecule has 8 heteroatoms. The van der Waals surface area contributed by atoms with Gasteiger partial charge in [0, 0.05) is 68.2 Å². The van der Waals surface area contributed by atoms with Crippen molar-refractivity contribution >= 4 is 35.6 Å². The molecule has 1 N–H and O–H groups in total. The van der Waals surface area contributed by atoms with Gasteiger partial charge < -0.3 is 15.0 Å². The van der Waals surface area contributed by atoms with Gasteiger partial charge in [-0.05, 0) is 42.3 Å². The Morgan fingerprint density at radius 1 is 1.29 bits per heavy atom. The smallest absolute Gasteiger partial charge is 0.211 e. The Labute approximate surface area is 186 Å². The van der Waals surface area contributed by atoms with Crippen LogP contribution in [0.4, 0.5) is 15.8 Å². The van der Waals surface area contributed by atoms with E-state index < -0.39 is 0 Å². The summed E-state index contributed by atoms with van der Waals surface area (Å²) in [5, 5.41) is 3.15. The maximum Gasteiger partial charge on any atom is 0.211 e. The van der Waals surface area contributed by atoms with Gasteiger partial charge in [0.15, 0.2) is 0 Å². The molecule has 2 aliphatic heterocycles. The van der Waals surface area contributed by atoms with Crippen molar-refractivity contribution in [1.29, 1.82) is 0 Å². The van der Waals surface area contributed by atoms with Gasteiger partial charge in [0.1, 0.15) is 18.2 Å². The second-order valence-corrected chi connectivity index (χ2v) is 7.95. The molecule has 0 fully saturated rings. The minimum absolute atomic E-state index is 0.215. The second kappa shape index (κ2) is 9.49. The van der Waals surface area contributed by atoms with Gasteiger partial charge in [-0.25, -0.2) is 4.39 Å². The Hall–Kier alpha value is -2.90. The summed E-state index contributed by atoms with van der Waals surface area (Å²) in [4.78, 5) is 19.1. The number of rotatable bonds is 6. The zero-order valence-corrected chi connectivity index (χ0v) is 18.0. The van der Waals surface area contributed by atoms with Gasteiger partial charge in [0.2, 0.25) is 6.41 Å². The van der Waals surface area contributed by atoms with Gasteiger partial charge >= 0.3 is 0 Å². The van der Waals surface area contributed by atoms with Crippen molar-refractivity contribution in [2.45, 2.75) is 13.0 Å². The number of halogens is 2. The molecule has 4 rings (SSSR count). The fourth-order valence-corrected chi connectivity index (χ4v) is 4.42. The fourth-order valence-electron chi connectivity index (χ4n) is 4.13. The van der Waals surface area contributed by atoms with Gasteiger partial charge in [0.05, 0.1) is 5.02 Å². The molecule has 162 valence electrons. The lowest BCUT2D eigenvalue weighted by Gasteiger charge is -2.23. The lowest BCUT2D eigenvalue weighted by molar-refractivity contribution is -0.108. The van der Waals surface area contributed by atoms with Crippen LogP contribution in [0.5, 0.6) is 5.75 Å². The largest absolute Gasteiger partial charge is 0.490 e. The Kier molecular flexibility index (Phi) is 6.53. The van der Waals surface area contributed by atoms with E-state index in [9.17, 15) is 9.18 Å². The van der Waals surface area contributed by atoms with Crippen molar-refractivity contribution in [3.05, 3.63) is 64.1 Å². The van der Waals surface area contributed by atoms with Crippen molar-refractivity contribution in [3.63, 3.8) is 0 Å². The van der Waals surface area contributed by atoms with E-state index in [2.05, 4.69) is 26.2 Å². The molecular formula is C23H24ClFN4O2. The van der Waals surface area contributed by atoms with Crippen molar-refractivity contribution in [2.24, 2.45) is 4.99 Å². The molecule has 0 bridgehead atoms. The minimum atomic E-state index is -0.215. The molecule has 31 heavy (non-hydrogen) atoms. The lowest BCUT2D eigenvalue weighted by Crippen LogP contribution is -2.28. The number of nitrogens with zero attached hydrogens (tertiary/aromatic N) is 3. The molecule has 2 aromatic carbocycles. The molecule has 0 aromatic heterocycles. The number of anilines is 2. The SMILES string of the molecule is C/N=C\C(=C/NC=O)CN1CCOc2c(Cl)cc(N3CCc4cc(F)ccc43)cc2C1. The number of fused-ring (bicyclic) bond motifs is 2. The first-order valence-electron chi connectivity index (χ1n) is 10.1. The summed E-state index contributed by atoms with van der Waals surface area (Å²) in [7, 11) is 1.70. The first kappa shape index (κ1) is 21.3. The molecule has 6 nitrogen and oxygen atoms in total. The van der Waals surface area contributed by atoms with Gasteiger partial charge in [-0.15, -0.1) is 0 Å². The monoisotopic (exact) mass is 442 g/mol. The molecule has 0 saturated heterocycles. The first-order chi connectivity index (χ1) is 15.1. The third-order valence-electron chi connectivity index (χ3n) is 5.44. The Balaban J connectivity index is 1.61. The molecule has 0 unspecified atom stereocenters. The molecule has 0 saturated carbocycles. The molecule has 0 aliphatic carbocycles. The van der Waals surface area contributed by atoms with Crippen LogP contribution >= 0.6 is 11.6 Å². The van der Waals surface area contributed by atoms with Crippen LogP contribution in [0.1, 0.15) is 11.1 Å². The highest BCUT2D eigenvalue weighted by molar-refractivity contribution is 6.32.